The Balaban J connectivity index is 0.00000208. The highest BCUT2D eigenvalue weighted by atomic mass is 35.5. The van der Waals surface area contributed by atoms with E-state index in [1.165, 1.54) is 29.9 Å². The van der Waals surface area contributed by atoms with Crippen LogP contribution < -0.4 is 5.32 Å². The molecular weight excluding hydrogens is 347 g/mol. The number of amides is 1. The average molecular weight is 369 g/mol. The monoisotopic (exact) mass is 368 g/mol. The number of carbonyl (C=O) groups is 1. The molecule has 0 aliphatic carbocycles. The van der Waals surface area contributed by atoms with Gasteiger partial charge in [0.2, 0.25) is 0 Å². The van der Waals surface area contributed by atoms with Gasteiger partial charge in [-0.3, -0.25) is 4.79 Å². The van der Waals surface area contributed by atoms with Crippen LogP contribution in [0.25, 0.3) is 10.4 Å². The number of nitrogens with one attached hydrogen (secondary N) is 1. The average Bonchev–Trinajstić information content (AvgIpc) is 3.05. The van der Waals surface area contributed by atoms with Gasteiger partial charge < -0.3 is 10.2 Å². The summed E-state index contributed by atoms with van der Waals surface area (Å²) in [6, 6.07) is 10.2. The molecule has 2 heterocycles. The molecular formula is C18H22ClFN2OS. The number of hydrogen-bond donors (Lipinski definition) is 1. The van der Waals surface area contributed by atoms with E-state index in [0.29, 0.717) is 5.92 Å². The van der Waals surface area contributed by atoms with Gasteiger partial charge in [0.1, 0.15) is 5.82 Å². The quantitative estimate of drug-likeness (QED) is 0.883. The number of carbonyl (C=O) groups excluding carboxylic acids is 1. The molecule has 0 saturated carbocycles. The molecule has 1 saturated heterocycles. The van der Waals surface area contributed by atoms with Crippen molar-refractivity contribution < 1.29 is 9.18 Å². The summed E-state index contributed by atoms with van der Waals surface area (Å²) in [5, 5.41) is 3.20. The summed E-state index contributed by atoms with van der Waals surface area (Å²) >= 11 is 1.48. The van der Waals surface area contributed by atoms with E-state index < -0.39 is 0 Å². The largest absolute Gasteiger partial charge is 0.338 e. The van der Waals surface area contributed by atoms with Crippen molar-refractivity contribution >= 4 is 29.7 Å². The highest BCUT2D eigenvalue weighted by molar-refractivity contribution is 7.17. The lowest BCUT2D eigenvalue weighted by molar-refractivity contribution is 0.0679. The highest BCUT2D eigenvalue weighted by Gasteiger charge is 2.25. The molecule has 0 spiro atoms. The Morgan fingerprint density at radius 1 is 1.29 bits per heavy atom. The van der Waals surface area contributed by atoms with E-state index >= 15 is 0 Å². The third-order valence-corrected chi connectivity index (χ3v) is 5.37. The van der Waals surface area contributed by atoms with Crippen LogP contribution >= 0.6 is 23.7 Å². The van der Waals surface area contributed by atoms with Crippen molar-refractivity contribution in [2.24, 2.45) is 5.92 Å². The second-order valence-electron chi connectivity index (χ2n) is 5.99. The van der Waals surface area contributed by atoms with E-state index in [1.807, 2.05) is 24.1 Å². The third-order valence-electron chi connectivity index (χ3n) is 4.24. The maximum absolute atomic E-state index is 13.0. The van der Waals surface area contributed by atoms with Crippen LogP contribution in [0.2, 0.25) is 0 Å². The van der Waals surface area contributed by atoms with Gasteiger partial charge in [0, 0.05) is 18.0 Å². The molecule has 1 aliphatic rings. The van der Waals surface area contributed by atoms with Crippen LogP contribution in [-0.4, -0.2) is 37.5 Å². The van der Waals surface area contributed by atoms with Crippen molar-refractivity contribution in [3.05, 3.63) is 47.1 Å². The van der Waals surface area contributed by atoms with E-state index in [-0.39, 0.29) is 24.1 Å². The molecule has 1 fully saturated rings. The zero-order valence-electron chi connectivity index (χ0n) is 13.6. The van der Waals surface area contributed by atoms with Crippen molar-refractivity contribution in [3.63, 3.8) is 0 Å². The van der Waals surface area contributed by atoms with Gasteiger partial charge in [-0.2, -0.15) is 0 Å². The van der Waals surface area contributed by atoms with Crippen LogP contribution in [-0.2, 0) is 0 Å². The number of rotatable bonds is 4. The first-order valence-electron chi connectivity index (χ1n) is 7.97. The van der Waals surface area contributed by atoms with Gasteiger partial charge in [0.15, 0.2) is 0 Å². The Morgan fingerprint density at radius 3 is 2.75 bits per heavy atom. The second kappa shape index (κ2) is 8.60. The summed E-state index contributed by atoms with van der Waals surface area (Å²) < 4.78 is 13.0. The Morgan fingerprint density at radius 2 is 2.04 bits per heavy atom. The van der Waals surface area contributed by atoms with Gasteiger partial charge in [0.05, 0.1) is 4.88 Å². The summed E-state index contributed by atoms with van der Waals surface area (Å²) in [6.07, 6.45) is 2.24. The van der Waals surface area contributed by atoms with E-state index in [1.54, 1.807) is 12.1 Å². The van der Waals surface area contributed by atoms with Crippen molar-refractivity contribution in [2.45, 2.75) is 12.8 Å². The topological polar surface area (TPSA) is 32.3 Å². The van der Waals surface area contributed by atoms with Crippen LogP contribution in [0, 0.1) is 11.7 Å². The minimum absolute atomic E-state index is 0. The maximum atomic E-state index is 13.0. The Bertz CT molecular complexity index is 672. The molecule has 2 aromatic rings. The molecule has 1 atom stereocenters. The van der Waals surface area contributed by atoms with E-state index in [0.717, 1.165) is 41.4 Å². The molecule has 1 aliphatic heterocycles. The first-order valence-corrected chi connectivity index (χ1v) is 8.78. The number of thiophene rings is 1. The first-order chi connectivity index (χ1) is 11.2. The summed E-state index contributed by atoms with van der Waals surface area (Å²) in [7, 11) is 1.95. The molecule has 0 bridgehead atoms. The van der Waals surface area contributed by atoms with Crippen LogP contribution in [0.4, 0.5) is 4.39 Å². The molecule has 1 unspecified atom stereocenters. The predicted octanol–water partition coefficient (Wildman–Crippen LogP) is 4.05. The second-order valence-corrected chi connectivity index (χ2v) is 7.07. The standard InChI is InChI=1S/C18H21FN2OS.ClH/c1-20-11-13-3-2-10-21(12-13)18(22)17-9-8-16(23-17)14-4-6-15(19)7-5-14;/h4-9,13,20H,2-3,10-12H2,1H3;1H. The van der Waals surface area contributed by atoms with Crippen LogP contribution in [0.1, 0.15) is 22.5 Å². The number of piperidine rings is 1. The van der Waals surface area contributed by atoms with Gasteiger partial charge in [-0.05, 0) is 62.2 Å². The summed E-state index contributed by atoms with van der Waals surface area (Å²) in [4.78, 5) is 16.4. The first kappa shape index (κ1) is 18.9. The van der Waals surface area contributed by atoms with Crippen LogP contribution in [0.3, 0.4) is 0 Å². The van der Waals surface area contributed by atoms with Crippen molar-refractivity contribution in [3.8, 4) is 10.4 Å². The number of likely N-dealkylation sites (tertiary alicyclic amines) is 1. The zero-order chi connectivity index (χ0) is 16.2. The summed E-state index contributed by atoms with van der Waals surface area (Å²) in [6.45, 7) is 2.61. The van der Waals surface area contributed by atoms with Gasteiger partial charge in [-0.15, -0.1) is 23.7 Å². The number of halogens is 2. The molecule has 3 rings (SSSR count). The lowest BCUT2D eigenvalue weighted by Crippen LogP contribution is -2.42. The van der Waals surface area contributed by atoms with Crippen molar-refractivity contribution in [1.82, 2.24) is 10.2 Å². The Hall–Kier alpha value is -1.43. The maximum Gasteiger partial charge on any atom is 0.263 e. The van der Waals surface area contributed by atoms with Gasteiger partial charge in [0.25, 0.3) is 5.91 Å². The molecule has 0 radical (unpaired) electrons. The molecule has 130 valence electrons. The molecule has 1 amide bonds. The van der Waals surface area contributed by atoms with Gasteiger partial charge >= 0.3 is 0 Å². The fourth-order valence-corrected chi connectivity index (χ4v) is 4.06. The molecule has 24 heavy (non-hydrogen) atoms. The van der Waals surface area contributed by atoms with E-state index in [2.05, 4.69) is 5.32 Å². The minimum Gasteiger partial charge on any atom is -0.338 e. The third kappa shape index (κ3) is 4.35. The van der Waals surface area contributed by atoms with Crippen molar-refractivity contribution in [1.29, 1.82) is 0 Å². The summed E-state index contributed by atoms with van der Waals surface area (Å²) in [5.74, 6) is 0.406. The molecule has 1 aromatic carbocycles. The van der Waals surface area contributed by atoms with Crippen LogP contribution in [0.15, 0.2) is 36.4 Å². The fraction of sp³-hybridized carbons (Fsp3) is 0.389. The van der Waals surface area contributed by atoms with Crippen molar-refractivity contribution in [2.75, 3.05) is 26.7 Å². The van der Waals surface area contributed by atoms with E-state index in [9.17, 15) is 9.18 Å². The number of hydrogen-bond acceptors (Lipinski definition) is 3. The number of nitrogens with zero attached hydrogens (tertiary/aromatic N) is 1. The lowest BCUT2D eigenvalue weighted by atomic mass is 9.98. The smallest absolute Gasteiger partial charge is 0.263 e. The molecule has 3 nitrogen and oxygen atoms in total. The lowest BCUT2D eigenvalue weighted by Gasteiger charge is -2.32. The SMILES string of the molecule is CNCC1CCCN(C(=O)c2ccc(-c3ccc(F)cc3)s2)C1.Cl. The highest BCUT2D eigenvalue weighted by Crippen LogP contribution is 2.30. The summed E-state index contributed by atoms with van der Waals surface area (Å²) in [5.41, 5.74) is 0.946. The van der Waals surface area contributed by atoms with E-state index in [4.69, 9.17) is 0 Å². The molecule has 6 heteroatoms. The van der Waals surface area contributed by atoms with Gasteiger partial charge in [-0.25, -0.2) is 4.39 Å². The fourth-order valence-electron chi connectivity index (χ4n) is 3.08. The normalized spacial score (nSPS) is 17.4. The molecule has 1 aromatic heterocycles. The number of benzene rings is 1. The minimum atomic E-state index is -0.245. The van der Waals surface area contributed by atoms with Crippen LogP contribution in [0.5, 0.6) is 0 Å². The molecule has 1 N–H and O–H groups in total. The predicted molar refractivity (Wildman–Crippen MR) is 99.5 cm³/mol. The van der Waals surface area contributed by atoms with Gasteiger partial charge in [-0.1, -0.05) is 12.1 Å². The zero-order valence-corrected chi connectivity index (χ0v) is 15.3. The Kier molecular flexibility index (Phi) is 6.78. The Labute approximate surface area is 152 Å².